The molecule has 16 heavy (non-hydrogen) atoms. The molecular formula is C8H17F3N2O2S. The van der Waals surface area contributed by atoms with Crippen molar-refractivity contribution < 1.29 is 21.6 Å². The van der Waals surface area contributed by atoms with Crippen molar-refractivity contribution >= 4 is 10.0 Å². The van der Waals surface area contributed by atoms with Gasteiger partial charge in [0.1, 0.15) is 0 Å². The Morgan fingerprint density at radius 2 is 1.75 bits per heavy atom. The predicted octanol–water partition coefficient (Wildman–Crippen LogP) is 0.987. The van der Waals surface area contributed by atoms with Crippen LogP contribution in [0.3, 0.4) is 0 Å². The fourth-order valence-corrected chi connectivity index (χ4v) is 2.17. The van der Waals surface area contributed by atoms with Gasteiger partial charge in [-0.1, -0.05) is 0 Å². The van der Waals surface area contributed by atoms with Crippen LogP contribution in [0.1, 0.15) is 25.7 Å². The van der Waals surface area contributed by atoms with Crippen molar-refractivity contribution in [3.63, 3.8) is 0 Å². The Balaban J connectivity index is 3.58. The van der Waals surface area contributed by atoms with Crippen molar-refractivity contribution in [1.29, 1.82) is 0 Å². The first-order chi connectivity index (χ1) is 7.27. The zero-order valence-electron chi connectivity index (χ0n) is 8.89. The first-order valence-corrected chi connectivity index (χ1v) is 6.66. The molecule has 0 unspecified atom stereocenters. The van der Waals surface area contributed by atoms with Crippen molar-refractivity contribution in [2.75, 3.05) is 18.8 Å². The van der Waals surface area contributed by atoms with Crippen LogP contribution in [0, 0.1) is 0 Å². The number of hydrogen-bond donors (Lipinski definition) is 2. The first kappa shape index (κ1) is 15.7. The zero-order valence-corrected chi connectivity index (χ0v) is 9.70. The second kappa shape index (κ2) is 7.08. The molecule has 0 bridgehead atoms. The van der Waals surface area contributed by atoms with Gasteiger partial charge in [0.2, 0.25) is 10.0 Å². The summed E-state index contributed by atoms with van der Waals surface area (Å²) in [5, 5.41) is 0. The molecule has 0 heterocycles. The number of alkyl halides is 3. The van der Waals surface area contributed by atoms with E-state index in [0.717, 1.165) is 0 Å². The standard InChI is InChI=1S/C8H17F3N2O2S/c9-8(10,11)4-1-2-6-13-16(14,15)7-3-5-12/h13H,1-7,12H2. The van der Waals surface area contributed by atoms with Gasteiger partial charge in [-0.3, -0.25) is 0 Å². The van der Waals surface area contributed by atoms with E-state index < -0.39 is 22.6 Å². The van der Waals surface area contributed by atoms with Crippen molar-refractivity contribution in [3.05, 3.63) is 0 Å². The SMILES string of the molecule is NCCCS(=O)(=O)NCCCCC(F)(F)F. The molecule has 0 radical (unpaired) electrons. The fraction of sp³-hybridized carbons (Fsp3) is 1.00. The lowest BCUT2D eigenvalue weighted by Gasteiger charge is -2.07. The molecule has 4 nitrogen and oxygen atoms in total. The van der Waals surface area contributed by atoms with Gasteiger partial charge >= 0.3 is 6.18 Å². The number of rotatable bonds is 8. The summed E-state index contributed by atoms with van der Waals surface area (Å²) < 4.78 is 59.7. The molecule has 0 amide bonds. The van der Waals surface area contributed by atoms with Crippen molar-refractivity contribution in [2.24, 2.45) is 5.73 Å². The Bertz CT molecular complexity index is 277. The second-order valence-electron chi connectivity index (χ2n) is 3.43. The van der Waals surface area contributed by atoms with E-state index in [1.165, 1.54) is 0 Å². The zero-order chi connectivity index (χ0) is 12.7. The summed E-state index contributed by atoms with van der Waals surface area (Å²) >= 11 is 0. The van der Waals surface area contributed by atoms with Crippen LogP contribution in [0.15, 0.2) is 0 Å². The van der Waals surface area contributed by atoms with Gasteiger partial charge in [-0.25, -0.2) is 13.1 Å². The van der Waals surface area contributed by atoms with Crippen LogP contribution >= 0.6 is 0 Å². The molecule has 0 saturated heterocycles. The maximum atomic E-state index is 11.7. The van der Waals surface area contributed by atoms with Gasteiger partial charge in [-0.15, -0.1) is 0 Å². The van der Waals surface area contributed by atoms with Crippen molar-refractivity contribution in [1.82, 2.24) is 4.72 Å². The summed E-state index contributed by atoms with van der Waals surface area (Å²) in [5.41, 5.74) is 5.14. The number of hydrogen-bond acceptors (Lipinski definition) is 3. The highest BCUT2D eigenvalue weighted by atomic mass is 32.2. The highest BCUT2D eigenvalue weighted by molar-refractivity contribution is 7.89. The molecule has 98 valence electrons. The Morgan fingerprint density at radius 3 is 2.25 bits per heavy atom. The van der Waals surface area contributed by atoms with Crippen LogP contribution in [0.2, 0.25) is 0 Å². The van der Waals surface area contributed by atoms with Crippen molar-refractivity contribution in [3.8, 4) is 0 Å². The maximum absolute atomic E-state index is 11.7. The lowest BCUT2D eigenvalue weighted by atomic mass is 10.2. The van der Waals surface area contributed by atoms with E-state index in [0.29, 0.717) is 6.42 Å². The summed E-state index contributed by atoms with van der Waals surface area (Å²) in [6.45, 7) is 0.317. The largest absolute Gasteiger partial charge is 0.389 e. The predicted molar refractivity (Wildman–Crippen MR) is 55.4 cm³/mol. The van der Waals surface area contributed by atoms with E-state index in [1.54, 1.807) is 0 Å². The number of nitrogens with two attached hydrogens (primary N) is 1. The molecule has 0 aromatic heterocycles. The van der Waals surface area contributed by atoms with Gasteiger partial charge in [-0.05, 0) is 25.8 Å². The van der Waals surface area contributed by atoms with Crippen LogP contribution in [-0.2, 0) is 10.0 Å². The average molecular weight is 262 g/mol. The maximum Gasteiger partial charge on any atom is 0.389 e. The molecule has 0 atom stereocenters. The van der Waals surface area contributed by atoms with Crippen LogP contribution in [-0.4, -0.2) is 33.4 Å². The number of halogens is 3. The monoisotopic (exact) mass is 262 g/mol. The average Bonchev–Trinajstić information content (AvgIpc) is 2.12. The summed E-state index contributed by atoms with van der Waals surface area (Å²) in [6.07, 6.45) is -4.59. The molecule has 0 spiro atoms. The Kier molecular flexibility index (Phi) is 6.93. The Morgan fingerprint density at radius 1 is 1.12 bits per heavy atom. The molecule has 3 N–H and O–H groups in total. The van der Waals surface area contributed by atoms with Gasteiger partial charge < -0.3 is 5.73 Å². The minimum absolute atomic E-state index is 0.0446. The second-order valence-corrected chi connectivity index (χ2v) is 5.35. The topological polar surface area (TPSA) is 72.2 Å². The molecule has 0 rings (SSSR count). The van der Waals surface area contributed by atoms with Crippen molar-refractivity contribution in [2.45, 2.75) is 31.9 Å². The molecule has 0 aromatic rings. The lowest BCUT2D eigenvalue weighted by Crippen LogP contribution is -2.28. The molecular weight excluding hydrogens is 245 g/mol. The third-order valence-corrected chi connectivity index (χ3v) is 3.30. The first-order valence-electron chi connectivity index (χ1n) is 5.01. The van der Waals surface area contributed by atoms with E-state index in [4.69, 9.17) is 5.73 Å². The summed E-state index contributed by atoms with van der Waals surface area (Å²) in [4.78, 5) is 0. The summed E-state index contributed by atoms with van der Waals surface area (Å²) in [7, 11) is -3.37. The highest BCUT2D eigenvalue weighted by Gasteiger charge is 2.25. The minimum Gasteiger partial charge on any atom is -0.330 e. The van der Waals surface area contributed by atoms with Gasteiger partial charge in [0.15, 0.2) is 0 Å². The fourth-order valence-electron chi connectivity index (χ4n) is 1.02. The van der Waals surface area contributed by atoms with Gasteiger partial charge in [0.25, 0.3) is 0 Å². The van der Waals surface area contributed by atoms with E-state index in [-0.39, 0.29) is 31.7 Å². The quantitative estimate of drug-likeness (QED) is 0.641. The van der Waals surface area contributed by atoms with E-state index >= 15 is 0 Å². The number of unbranched alkanes of at least 4 members (excludes halogenated alkanes) is 1. The molecule has 0 aliphatic heterocycles. The normalized spacial score (nSPS) is 13.0. The molecule has 8 heteroatoms. The van der Waals surface area contributed by atoms with E-state index in [2.05, 4.69) is 4.72 Å². The van der Waals surface area contributed by atoms with E-state index in [9.17, 15) is 21.6 Å². The van der Waals surface area contributed by atoms with Gasteiger partial charge in [-0.2, -0.15) is 13.2 Å². The number of sulfonamides is 1. The van der Waals surface area contributed by atoms with Gasteiger partial charge in [0, 0.05) is 13.0 Å². The molecule has 0 fully saturated rings. The summed E-state index contributed by atoms with van der Waals surface area (Å²) in [6, 6.07) is 0. The third-order valence-electron chi connectivity index (χ3n) is 1.83. The van der Waals surface area contributed by atoms with Crippen LogP contribution < -0.4 is 10.5 Å². The Hall–Kier alpha value is -0.340. The smallest absolute Gasteiger partial charge is 0.330 e. The lowest BCUT2D eigenvalue weighted by molar-refractivity contribution is -0.135. The minimum atomic E-state index is -4.17. The molecule has 0 aliphatic rings. The molecule has 0 saturated carbocycles. The third kappa shape index (κ3) is 10.2. The van der Waals surface area contributed by atoms with Crippen LogP contribution in [0.25, 0.3) is 0 Å². The van der Waals surface area contributed by atoms with Gasteiger partial charge in [0.05, 0.1) is 5.75 Å². The Labute approximate surface area is 93.4 Å². The van der Waals surface area contributed by atoms with Crippen LogP contribution in [0.4, 0.5) is 13.2 Å². The van der Waals surface area contributed by atoms with E-state index in [1.807, 2.05) is 0 Å². The molecule has 0 aromatic carbocycles. The highest BCUT2D eigenvalue weighted by Crippen LogP contribution is 2.21. The number of nitrogens with one attached hydrogen (secondary N) is 1. The summed E-state index contributed by atoms with van der Waals surface area (Å²) in [5.74, 6) is -0.0806. The molecule has 0 aliphatic carbocycles. The van der Waals surface area contributed by atoms with Crippen LogP contribution in [0.5, 0.6) is 0 Å².